The van der Waals surface area contributed by atoms with Gasteiger partial charge in [-0.15, -0.1) is 0 Å². The fourth-order valence-corrected chi connectivity index (χ4v) is 7.88. The average molecular weight is 625 g/mol. The highest BCUT2D eigenvalue weighted by Crippen LogP contribution is 2.39. The number of nitrogens with one attached hydrogen (secondary N) is 1. The smallest absolute Gasteiger partial charge is 0.380 e. The van der Waals surface area contributed by atoms with Crippen LogP contribution >= 0.6 is 0 Å². The number of aliphatic hydroxyl groups is 1. The molecule has 1 aliphatic carbocycles. The van der Waals surface area contributed by atoms with E-state index >= 15 is 0 Å². The van der Waals surface area contributed by atoms with Crippen LogP contribution in [0.25, 0.3) is 6.08 Å². The van der Waals surface area contributed by atoms with Gasteiger partial charge >= 0.3 is 6.18 Å². The van der Waals surface area contributed by atoms with E-state index in [0.29, 0.717) is 29.5 Å². The number of hydrogen-bond acceptors (Lipinski definition) is 6. The molecule has 0 aromatic heterocycles. The molecule has 0 bridgehead atoms. The molecule has 2 N–H and O–H groups in total. The second kappa shape index (κ2) is 11.6. The number of nitrogens with zero attached hydrogens (tertiary/aromatic N) is 3. The van der Waals surface area contributed by atoms with Gasteiger partial charge in [0.25, 0.3) is 11.8 Å². The number of amides is 2. The van der Waals surface area contributed by atoms with Crippen LogP contribution in [0.3, 0.4) is 0 Å². The van der Waals surface area contributed by atoms with E-state index in [0.717, 1.165) is 36.9 Å². The van der Waals surface area contributed by atoms with Gasteiger partial charge in [0.1, 0.15) is 11.4 Å². The van der Waals surface area contributed by atoms with Gasteiger partial charge in [0.05, 0.1) is 0 Å². The highest BCUT2D eigenvalue weighted by Gasteiger charge is 2.55. The zero-order valence-electron chi connectivity index (χ0n) is 24.5. The Morgan fingerprint density at radius 1 is 1.02 bits per heavy atom. The quantitative estimate of drug-likeness (QED) is 0.512. The average Bonchev–Trinajstić information content (AvgIpc) is 3.27. The van der Waals surface area contributed by atoms with Crippen LogP contribution in [0.2, 0.25) is 0 Å². The van der Waals surface area contributed by atoms with Crippen molar-refractivity contribution in [2.45, 2.75) is 89.0 Å². The van der Waals surface area contributed by atoms with E-state index in [1.54, 1.807) is 26.0 Å². The number of aliphatic imine (C=N–C) groups is 1. The van der Waals surface area contributed by atoms with Crippen molar-refractivity contribution in [1.82, 2.24) is 14.5 Å². The first-order valence-electron chi connectivity index (χ1n) is 14.9. The van der Waals surface area contributed by atoms with Gasteiger partial charge in [0.15, 0.2) is 5.60 Å². The van der Waals surface area contributed by atoms with Crippen molar-refractivity contribution < 1.29 is 36.3 Å². The van der Waals surface area contributed by atoms with Crippen LogP contribution in [0.1, 0.15) is 84.8 Å². The Balaban J connectivity index is 1.23. The molecule has 1 aromatic carbocycles. The van der Waals surface area contributed by atoms with E-state index in [1.165, 1.54) is 21.7 Å². The summed E-state index contributed by atoms with van der Waals surface area (Å²) >= 11 is 0. The molecule has 0 atom stereocenters. The van der Waals surface area contributed by atoms with Gasteiger partial charge < -0.3 is 15.3 Å². The molecule has 2 amide bonds. The lowest BCUT2D eigenvalue weighted by molar-refractivity contribution is -0.271. The van der Waals surface area contributed by atoms with E-state index in [4.69, 9.17) is 4.99 Å². The minimum Gasteiger partial charge on any atom is -0.380 e. The molecule has 9 nitrogen and oxygen atoms in total. The lowest BCUT2D eigenvalue weighted by atomic mass is 9.88. The van der Waals surface area contributed by atoms with E-state index < -0.39 is 46.1 Å². The van der Waals surface area contributed by atoms with Crippen molar-refractivity contribution in [3.63, 3.8) is 0 Å². The molecule has 4 aliphatic rings. The Bertz CT molecular complexity index is 1410. The minimum absolute atomic E-state index is 0.137. The van der Waals surface area contributed by atoms with E-state index in [9.17, 15) is 36.3 Å². The summed E-state index contributed by atoms with van der Waals surface area (Å²) in [5.74, 6) is 0.453. The standard InChI is InChI=1S/C30H39F3N4O5S/c1-20-18-23(26(38)36-13-11-29(40,12-14-36)30(31,32)33)19-21(2)24(20)8-17-43(41,42)37-15-9-28(10-16-37)27(39)34-25(35-28)22-6-4-3-5-7-22/h8,17-19,22,40H,3-7,9-16H2,1-2H3,(H,34,35,39)/b17-8+. The second-order valence-corrected chi connectivity index (χ2v) is 14.2. The Morgan fingerprint density at radius 3 is 2.16 bits per heavy atom. The largest absolute Gasteiger partial charge is 0.417 e. The maximum Gasteiger partial charge on any atom is 0.417 e. The normalized spacial score (nSPS) is 23.5. The summed E-state index contributed by atoms with van der Waals surface area (Å²) in [4.78, 5) is 32.1. The molecule has 1 saturated carbocycles. The topological polar surface area (TPSA) is 119 Å². The first kappa shape index (κ1) is 31.6. The van der Waals surface area contributed by atoms with Gasteiger partial charge in [-0.1, -0.05) is 19.3 Å². The highest BCUT2D eigenvalue weighted by molar-refractivity contribution is 7.92. The molecule has 3 aliphatic heterocycles. The van der Waals surface area contributed by atoms with Crippen molar-refractivity contribution in [3.8, 4) is 0 Å². The summed E-state index contributed by atoms with van der Waals surface area (Å²) in [6, 6.07) is 3.19. The molecule has 2 saturated heterocycles. The first-order chi connectivity index (χ1) is 20.1. The molecular formula is C30H39F3N4O5S. The third-order valence-electron chi connectivity index (χ3n) is 9.55. The molecule has 1 aromatic rings. The molecule has 13 heteroatoms. The van der Waals surface area contributed by atoms with Crippen LogP contribution in [-0.2, 0) is 14.8 Å². The Labute approximate surface area is 250 Å². The van der Waals surface area contributed by atoms with E-state index in [2.05, 4.69) is 5.32 Å². The number of carbonyl (C=O) groups excluding carboxylic acids is 2. The van der Waals surface area contributed by atoms with Gasteiger partial charge in [-0.3, -0.25) is 14.6 Å². The molecule has 5 rings (SSSR count). The molecule has 1 spiro atoms. The van der Waals surface area contributed by atoms with Gasteiger partial charge in [0.2, 0.25) is 10.0 Å². The summed E-state index contributed by atoms with van der Waals surface area (Å²) in [6.45, 7) is 3.37. The van der Waals surface area contributed by atoms with Crippen molar-refractivity contribution in [2.24, 2.45) is 10.9 Å². The Kier molecular flexibility index (Phi) is 8.56. The van der Waals surface area contributed by atoms with Crippen molar-refractivity contribution in [1.29, 1.82) is 0 Å². The van der Waals surface area contributed by atoms with Crippen molar-refractivity contribution >= 4 is 33.7 Å². The number of amidine groups is 1. The minimum atomic E-state index is -4.75. The number of sulfonamides is 1. The van der Waals surface area contributed by atoms with E-state index in [1.807, 2.05) is 0 Å². The van der Waals surface area contributed by atoms with Crippen molar-refractivity contribution in [3.05, 3.63) is 39.8 Å². The second-order valence-electron chi connectivity index (χ2n) is 12.4. The third kappa shape index (κ3) is 6.26. The molecule has 43 heavy (non-hydrogen) atoms. The number of halogens is 3. The summed E-state index contributed by atoms with van der Waals surface area (Å²) in [6.07, 6.45) is 1.66. The number of rotatable bonds is 5. The fourth-order valence-electron chi connectivity index (χ4n) is 6.71. The number of likely N-dealkylation sites (tertiary alicyclic amines) is 1. The number of hydrogen-bond donors (Lipinski definition) is 2. The molecule has 236 valence electrons. The lowest BCUT2D eigenvalue weighted by Crippen LogP contribution is -2.54. The zero-order chi connectivity index (χ0) is 31.2. The molecule has 0 radical (unpaired) electrons. The van der Waals surface area contributed by atoms with Gasteiger partial charge in [0, 0.05) is 55.9 Å². The van der Waals surface area contributed by atoms with Crippen LogP contribution in [0, 0.1) is 19.8 Å². The summed E-state index contributed by atoms with van der Waals surface area (Å²) in [5.41, 5.74) is -1.50. The van der Waals surface area contributed by atoms with Crippen LogP contribution in [0.4, 0.5) is 13.2 Å². The zero-order valence-corrected chi connectivity index (χ0v) is 25.4. The van der Waals surface area contributed by atoms with E-state index in [-0.39, 0.29) is 43.6 Å². The lowest BCUT2D eigenvalue weighted by Gasteiger charge is -2.39. The predicted octanol–water partition coefficient (Wildman–Crippen LogP) is 4.08. The third-order valence-corrected chi connectivity index (χ3v) is 11.1. The SMILES string of the molecule is Cc1cc(C(=O)N2CCC(O)(C(F)(F)F)CC2)cc(C)c1/C=C/S(=O)(=O)N1CCC2(CC1)N=C(C1CCCCC1)NC2=O. The van der Waals surface area contributed by atoms with Crippen LogP contribution in [0.15, 0.2) is 22.5 Å². The van der Waals surface area contributed by atoms with Gasteiger partial charge in [-0.05, 0) is 74.4 Å². The summed E-state index contributed by atoms with van der Waals surface area (Å²) < 4.78 is 67.2. The van der Waals surface area contributed by atoms with Gasteiger partial charge in [-0.25, -0.2) is 8.42 Å². The summed E-state index contributed by atoms with van der Waals surface area (Å²) in [7, 11) is -3.80. The summed E-state index contributed by atoms with van der Waals surface area (Å²) in [5, 5.41) is 14.0. The number of benzene rings is 1. The molecular weight excluding hydrogens is 585 g/mol. The molecule has 0 unspecified atom stereocenters. The van der Waals surface area contributed by atoms with Crippen LogP contribution in [0.5, 0.6) is 0 Å². The van der Waals surface area contributed by atoms with Gasteiger partial charge in [-0.2, -0.15) is 17.5 Å². The highest BCUT2D eigenvalue weighted by atomic mass is 32.2. The molecule has 3 heterocycles. The number of aryl methyl sites for hydroxylation is 2. The predicted molar refractivity (Wildman–Crippen MR) is 156 cm³/mol. The monoisotopic (exact) mass is 624 g/mol. The first-order valence-corrected chi connectivity index (χ1v) is 16.4. The van der Waals surface area contributed by atoms with Crippen LogP contribution < -0.4 is 5.32 Å². The number of carbonyl (C=O) groups is 2. The Hall–Kier alpha value is -2.77. The number of piperidine rings is 2. The van der Waals surface area contributed by atoms with Crippen LogP contribution in [-0.4, -0.2) is 83.9 Å². The Morgan fingerprint density at radius 2 is 1.60 bits per heavy atom. The maximum atomic E-state index is 13.2. The molecule has 3 fully saturated rings. The van der Waals surface area contributed by atoms with Crippen molar-refractivity contribution in [2.75, 3.05) is 26.2 Å². The number of alkyl halides is 3. The fraction of sp³-hybridized carbons (Fsp3) is 0.633. The maximum absolute atomic E-state index is 13.2.